The molecule has 0 bridgehead atoms. The van der Waals surface area contributed by atoms with Crippen LogP contribution in [0.5, 0.6) is 11.5 Å². The third-order valence-corrected chi connectivity index (χ3v) is 6.36. The average molecular weight is 542 g/mol. The van der Waals surface area contributed by atoms with Gasteiger partial charge < -0.3 is 18.8 Å². The van der Waals surface area contributed by atoms with E-state index in [0.717, 1.165) is 5.56 Å². The van der Waals surface area contributed by atoms with E-state index in [1.54, 1.807) is 79.3 Å². The van der Waals surface area contributed by atoms with Crippen molar-refractivity contribution in [2.75, 3.05) is 13.2 Å². The molecule has 2 unspecified atom stereocenters. The van der Waals surface area contributed by atoms with Crippen LogP contribution in [0.4, 0.5) is 0 Å². The number of para-hydroxylation sites is 1. The van der Waals surface area contributed by atoms with Gasteiger partial charge in [-0.3, -0.25) is 4.84 Å². The van der Waals surface area contributed by atoms with Crippen LogP contribution < -0.4 is 9.57 Å². The van der Waals surface area contributed by atoms with Gasteiger partial charge in [0.05, 0.1) is 24.5 Å². The fourth-order valence-electron chi connectivity index (χ4n) is 4.16. The summed E-state index contributed by atoms with van der Waals surface area (Å²) in [6.45, 7) is 0.861. The predicted molar refractivity (Wildman–Crippen MR) is 136 cm³/mol. The van der Waals surface area contributed by atoms with Crippen molar-refractivity contribution in [1.82, 2.24) is 9.55 Å². The van der Waals surface area contributed by atoms with E-state index >= 15 is 0 Å². The van der Waals surface area contributed by atoms with Crippen LogP contribution in [0.15, 0.2) is 85.5 Å². The first-order chi connectivity index (χ1) is 17.9. The Morgan fingerprint density at radius 2 is 1.95 bits per heavy atom. The monoisotopic (exact) mass is 541 g/mol. The van der Waals surface area contributed by atoms with Crippen molar-refractivity contribution < 1.29 is 24.1 Å². The van der Waals surface area contributed by atoms with E-state index in [2.05, 4.69) is 4.98 Å². The number of rotatable bonds is 9. The number of aromatic nitrogens is 2. The van der Waals surface area contributed by atoms with Crippen LogP contribution in [0.3, 0.4) is 0 Å². The lowest BCUT2D eigenvalue weighted by Gasteiger charge is -2.30. The summed E-state index contributed by atoms with van der Waals surface area (Å²) in [5.41, 5.74) is 2.01. The SMILES string of the molecule is O=[N+]([O-])Oc1ccccc1-c1ccc(OCC2COC(Cn3ccnc3)(c3ccc(Cl)cc3Cl)O2)cc1. The van der Waals surface area contributed by atoms with E-state index in [1.807, 2.05) is 10.8 Å². The molecular weight excluding hydrogens is 521 g/mol. The molecule has 1 aliphatic heterocycles. The van der Waals surface area contributed by atoms with E-state index in [-0.39, 0.29) is 25.1 Å². The molecule has 4 aromatic rings. The average Bonchev–Trinajstić information content (AvgIpc) is 3.54. The second-order valence-electron chi connectivity index (χ2n) is 8.31. The van der Waals surface area contributed by atoms with Gasteiger partial charge in [-0.2, -0.15) is 0 Å². The fourth-order valence-corrected chi connectivity index (χ4v) is 4.71. The second-order valence-corrected chi connectivity index (χ2v) is 9.15. The Morgan fingerprint density at radius 3 is 2.68 bits per heavy atom. The van der Waals surface area contributed by atoms with Crippen molar-refractivity contribution in [3.05, 3.63) is 111 Å². The van der Waals surface area contributed by atoms with Gasteiger partial charge in [0.25, 0.3) is 5.09 Å². The van der Waals surface area contributed by atoms with Gasteiger partial charge in [-0.15, -0.1) is 10.1 Å². The molecule has 0 aliphatic carbocycles. The molecule has 0 saturated carbocycles. The van der Waals surface area contributed by atoms with Gasteiger partial charge in [0.1, 0.15) is 24.2 Å². The first-order valence-electron chi connectivity index (χ1n) is 11.3. The Balaban J connectivity index is 1.28. The molecule has 0 spiro atoms. The smallest absolute Gasteiger partial charge is 0.299 e. The maximum atomic E-state index is 10.8. The first-order valence-corrected chi connectivity index (χ1v) is 12.1. The molecule has 0 amide bonds. The zero-order chi connectivity index (χ0) is 25.8. The number of benzene rings is 3. The number of hydrogen-bond donors (Lipinski definition) is 0. The predicted octanol–water partition coefficient (Wildman–Crippen LogP) is 5.77. The standard InChI is InChI=1S/C26H21Cl2N3O6/c27-19-7-10-23(24(28)13-19)26(16-30-12-11-29-17-30)35-15-21(36-26)14-34-20-8-5-18(6-9-20)22-3-1-2-4-25(22)37-31(32)33/h1-13,17,21H,14-16H2. The minimum Gasteiger partial charge on any atom is -0.491 e. The molecule has 190 valence electrons. The van der Waals surface area contributed by atoms with Crippen molar-refractivity contribution in [3.8, 4) is 22.6 Å². The van der Waals surface area contributed by atoms with E-state index in [0.29, 0.717) is 33.5 Å². The van der Waals surface area contributed by atoms with Crippen LogP contribution in [-0.2, 0) is 21.8 Å². The van der Waals surface area contributed by atoms with Gasteiger partial charge >= 0.3 is 0 Å². The van der Waals surface area contributed by atoms with Crippen molar-refractivity contribution in [2.24, 2.45) is 0 Å². The van der Waals surface area contributed by atoms with Crippen molar-refractivity contribution in [2.45, 2.75) is 18.4 Å². The number of hydrogen-bond acceptors (Lipinski definition) is 7. The summed E-state index contributed by atoms with van der Waals surface area (Å²) in [5.74, 6) is -0.370. The second kappa shape index (κ2) is 10.8. The molecule has 0 radical (unpaired) electrons. The van der Waals surface area contributed by atoms with Gasteiger partial charge in [0.15, 0.2) is 0 Å². The summed E-state index contributed by atoms with van der Waals surface area (Å²) in [6, 6.07) is 19.1. The molecule has 11 heteroatoms. The van der Waals surface area contributed by atoms with Gasteiger partial charge in [-0.25, -0.2) is 4.98 Å². The third kappa shape index (κ3) is 5.70. The quantitative estimate of drug-likeness (QED) is 0.196. The lowest BCUT2D eigenvalue weighted by molar-refractivity contribution is -0.710. The number of imidazole rings is 1. The van der Waals surface area contributed by atoms with Gasteiger partial charge in [0, 0.05) is 28.5 Å². The van der Waals surface area contributed by atoms with Gasteiger partial charge in [0.2, 0.25) is 5.79 Å². The van der Waals surface area contributed by atoms with Crippen molar-refractivity contribution in [1.29, 1.82) is 0 Å². The minimum atomic E-state index is -1.14. The Kier molecular flexibility index (Phi) is 7.29. The zero-order valence-corrected chi connectivity index (χ0v) is 20.8. The van der Waals surface area contributed by atoms with E-state index < -0.39 is 10.9 Å². The van der Waals surface area contributed by atoms with Crippen LogP contribution in [0.1, 0.15) is 5.56 Å². The molecule has 0 N–H and O–H groups in total. The summed E-state index contributed by atoms with van der Waals surface area (Å²) in [5, 5.41) is 10.9. The number of nitrogens with zero attached hydrogens (tertiary/aromatic N) is 3. The van der Waals surface area contributed by atoms with E-state index in [4.69, 9.17) is 42.3 Å². The highest BCUT2D eigenvalue weighted by Crippen LogP contribution is 2.40. The summed E-state index contributed by atoms with van der Waals surface area (Å²) >= 11 is 12.6. The van der Waals surface area contributed by atoms with Crippen LogP contribution in [0.2, 0.25) is 10.0 Å². The van der Waals surface area contributed by atoms with Gasteiger partial charge in [-0.05, 0) is 35.9 Å². The zero-order valence-electron chi connectivity index (χ0n) is 19.3. The maximum Gasteiger partial charge on any atom is 0.299 e. The number of halogens is 2. The molecule has 1 aliphatic rings. The highest BCUT2D eigenvalue weighted by atomic mass is 35.5. The number of ether oxygens (including phenoxy) is 3. The topological polar surface area (TPSA) is 97.9 Å². The lowest BCUT2D eigenvalue weighted by Crippen LogP contribution is -2.34. The van der Waals surface area contributed by atoms with Crippen LogP contribution in [0.25, 0.3) is 11.1 Å². The highest BCUT2D eigenvalue weighted by molar-refractivity contribution is 6.35. The molecule has 2 atom stereocenters. The lowest BCUT2D eigenvalue weighted by atomic mass is 10.0. The molecule has 5 rings (SSSR count). The molecule has 9 nitrogen and oxygen atoms in total. The van der Waals surface area contributed by atoms with Gasteiger partial charge in [-0.1, -0.05) is 59.6 Å². The van der Waals surface area contributed by atoms with Crippen LogP contribution >= 0.6 is 23.2 Å². The Hall–Kier alpha value is -3.63. The van der Waals surface area contributed by atoms with Crippen LogP contribution in [0, 0.1) is 10.1 Å². The first kappa shape index (κ1) is 25.0. The minimum absolute atomic E-state index is 0.160. The fraction of sp³-hybridized carbons (Fsp3) is 0.192. The molecule has 1 aromatic heterocycles. The third-order valence-electron chi connectivity index (χ3n) is 5.81. The highest BCUT2D eigenvalue weighted by Gasteiger charge is 2.45. The summed E-state index contributed by atoms with van der Waals surface area (Å²) < 4.78 is 20.4. The Bertz CT molecular complexity index is 1380. The molecule has 1 fully saturated rings. The summed E-state index contributed by atoms with van der Waals surface area (Å²) in [6.07, 6.45) is 4.80. The van der Waals surface area contributed by atoms with E-state index in [9.17, 15) is 10.1 Å². The Morgan fingerprint density at radius 1 is 1.14 bits per heavy atom. The molecule has 2 heterocycles. The molecule has 3 aromatic carbocycles. The summed E-state index contributed by atoms with van der Waals surface area (Å²) in [7, 11) is 0. The normalized spacial score (nSPS) is 19.0. The van der Waals surface area contributed by atoms with Crippen molar-refractivity contribution in [3.63, 3.8) is 0 Å². The van der Waals surface area contributed by atoms with Crippen LogP contribution in [-0.4, -0.2) is 34.0 Å². The van der Waals surface area contributed by atoms with E-state index in [1.165, 1.54) is 0 Å². The molecule has 37 heavy (non-hydrogen) atoms. The maximum absolute atomic E-state index is 10.8. The van der Waals surface area contributed by atoms with Crippen molar-refractivity contribution >= 4 is 23.2 Å². The summed E-state index contributed by atoms with van der Waals surface area (Å²) in [4.78, 5) is 19.6. The molecular formula is C26H21Cl2N3O6. The Labute approximate surface area is 222 Å². The molecule has 1 saturated heterocycles. The largest absolute Gasteiger partial charge is 0.491 e.